The molecule has 3 aromatic rings. The zero-order chi connectivity index (χ0) is 26.2. The molecule has 4 rings (SSSR count). The average Bonchev–Trinajstić information content (AvgIpc) is 2.93. The van der Waals surface area contributed by atoms with Crippen LogP contribution in [-0.2, 0) is 25.7 Å². The zero-order valence-electron chi connectivity index (χ0n) is 20.4. The number of hydrogen-bond donors (Lipinski definition) is 1. The van der Waals surface area contributed by atoms with Gasteiger partial charge in [-0.15, -0.1) is 5.06 Å². The normalized spacial score (nSPS) is 14.0. The van der Waals surface area contributed by atoms with E-state index in [0.717, 1.165) is 23.4 Å². The number of ether oxygens (including phenoxy) is 2. The molecule has 1 amide bonds. The van der Waals surface area contributed by atoms with Gasteiger partial charge in [0.1, 0.15) is 11.9 Å². The van der Waals surface area contributed by atoms with Crippen molar-refractivity contribution >= 4 is 23.7 Å². The maximum absolute atomic E-state index is 12.5. The van der Waals surface area contributed by atoms with Crippen LogP contribution < -0.4 is 9.80 Å². The quantitative estimate of drug-likeness (QED) is 0.297. The van der Waals surface area contributed by atoms with Gasteiger partial charge in [-0.1, -0.05) is 60.7 Å². The number of esters is 1. The van der Waals surface area contributed by atoms with E-state index in [1.54, 1.807) is 37.4 Å². The molecule has 3 aromatic carbocycles. The lowest BCUT2D eigenvalue weighted by Crippen LogP contribution is -2.40. The number of hydrogen-bond acceptors (Lipinski definition) is 7. The molecule has 0 bridgehead atoms. The van der Waals surface area contributed by atoms with Crippen LogP contribution >= 0.6 is 0 Å². The summed E-state index contributed by atoms with van der Waals surface area (Å²) < 4.78 is 10.5. The van der Waals surface area contributed by atoms with Gasteiger partial charge in [0.15, 0.2) is 0 Å². The van der Waals surface area contributed by atoms with E-state index in [4.69, 9.17) is 14.3 Å². The predicted molar refractivity (Wildman–Crippen MR) is 136 cm³/mol. The van der Waals surface area contributed by atoms with E-state index >= 15 is 0 Å². The molecule has 9 heteroatoms. The molecule has 0 aliphatic carbocycles. The minimum absolute atomic E-state index is 0.106. The minimum Gasteiger partial charge on any atom is -0.497 e. The lowest BCUT2D eigenvalue weighted by molar-refractivity contribution is -0.172. The molecule has 37 heavy (non-hydrogen) atoms. The Morgan fingerprint density at radius 2 is 1.54 bits per heavy atom. The number of anilines is 1. The van der Waals surface area contributed by atoms with Crippen molar-refractivity contribution in [3.8, 4) is 16.9 Å². The van der Waals surface area contributed by atoms with Crippen LogP contribution in [0.25, 0.3) is 11.1 Å². The van der Waals surface area contributed by atoms with E-state index in [1.165, 1.54) is 6.07 Å². The van der Waals surface area contributed by atoms with Crippen LogP contribution in [0.15, 0.2) is 78.9 Å². The second-order valence-corrected chi connectivity index (χ2v) is 8.57. The third-order valence-corrected chi connectivity index (χ3v) is 6.10. The Kier molecular flexibility index (Phi) is 8.37. The molecule has 0 saturated carbocycles. The summed E-state index contributed by atoms with van der Waals surface area (Å²) in [5.74, 6) is -1.82. The minimum atomic E-state index is -1.55. The third-order valence-electron chi connectivity index (χ3n) is 6.10. The first-order chi connectivity index (χ1) is 17.9. The molecule has 1 N–H and O–H groups in total. The summed E-state index contributed by atoms with van der Waals surface area (Å²) in [6.45, 7) is 2.12. The first-order valence-electron chi connectivity index (χ1n) is 11.9. The first-order valence-corrected chi connectivity index (χ1v) is 11.9. The van der Waals surface area contributed by atoms with E-state index < -0.39 is 24.1 Å². The fourth-order valence-corrected chi connectivity index (χ4v) is 4.20. The number of rotatable bonds is 6. The van der Waals surface area contributed by atoms with Gasteiger partial charge in [-0.2, -0.15) is 0 Å². The number of para-hydroxylation sites is 1. The van der Waals surface area contributed by atoms with E-state index in [9.17, 15) is 19.5 Å². The Bertz CT molecular complexity index is 1220. The largest absolute Gasteiger partial charge is 0.497 e. The molecule has 9 nitrogen and oxygen atoms in total. The highest BCUT2D eigenvalue weighted by Crippen LogP contribution is 2.31. The molecule has 1 aliphatic rings. The summed E-state index contributed by atoms with van der Waals surface area (Å²) in [5, 5.41) is 10.1. The van der Waals surface area contributed by atoms with Crippen molar-refractivity contribution < 1.29 is 33.8 Å². The van der Waals surface area contributed by atoms with E-state index in [0.29, 0.717) is 36.6 Å². The van der Waals surface area contributed by atoms with Crippen molar-refractivity contribution in [2.75, 3.05) is 25.3 Å². The fourth-order valence-electron chi connectivity index (χ4n) is 4.20. The SMILES string of the molecule is COc1ccc(CN2CCC(OC(=O)C(=O)ON(C(=O)O)c3ccccc3-c3ccccc3)CC2)cc1. The van der Waals surface area contributed by atoms with Crippen molar-refractivity contribution in [1.29, 1.82) is 0 Å². The number of carbonyl (C=O) groups is 3. The molecule has 0 radical (unpaired) electrons. The van der Waals surface area contributed by atoms with Crippen LogP contribution in [0.2, 0.25) is 0 Å². The maximum Gasteiger partial charge on any atom is 0.445 e. The molecule has 1 aliphatic heterocycles. The summed E-state index contributed by atoms with van der Waals surface area (Å²) in [6.07, 6.45) is -0.901. The Hall–Kier alpha value is -4.37. The molecule has 0 unspecified atom stereocenters. The van der Waals surface area contributed by atoms with Crippen molar-refractivity contribution in [3.05, 3.63) is 84.4 Å². The van der Waals surface area contributed by atoms with Gasteiger partial charge < -0.3 is 19.4 Å². The van der Waals surface area contributed by atoms with E-state index in [-0.39, 0.29) is 5.69 Å². The van der Waals surface area contributed by atoms with Crippen molar-refractivity contribution in [3.63, 3.8) is 0 Å². The van der Waals surface area contributed by atoms with Gasteiger partial charge >= 0.3 is 18.0 Å². The van der Waals surface area contributed by atoms with Crippen LogP contribution in [0, 0.1) is 0 Å². The standard InChI is InChI=1S/C28H28N2O7/c1-35-22-13-11-20(12-14-22)19-29-17-15-23(16-18-29)36-26(31)27(32)37-30(28(33)34)25-10-6-5-9-24(25)21-7-3-2-4-8-21/h2-14,23H,15-19H2,1H3,(H,33,34). The van der Waals surface area contributed by atoms with Gasteiger partial charge in [0, 0.05) is 25.2 Å². The second kappa shape index (κ2) is 12.0. The molecule has 0 atom stereocenters. The number of methoxy groups -OCH3 is 1. The average molecular weight is 505 g/mol. The summed E-state index contributed by atoms with van der Waals surface area (Å²) in [5.41, 5.74) is 2.50. The lowest BCUT2D eigenvalue weighted by atomic mass is 10.0. The number of hydroxylamine groups is 1. The van der Waals surface area contributed by atoms with Crippen molar-refractivity contribution in [1.82, 2.24) is 4.90 Å². The number of carbonyl (C=O) groups excluding carboxylic acids is 2. The van der Waals surface area contributed by atoms with Gasteiger partial charge in [0.25, 0.3) is 0 Å². The third kappa shape index (κ3) is 6.65. The van der Waals surface area contributed by atoms with Gasteiger partial charge in [0.05, 0.1) is 12.8 Å². The van der Waals surface area contributed by atoms with Crippen LogP contribution in [0.5, 0.6) is 5.75 Å². The molecule has 192 valence electrons. The summed E-state index contributed by atoms with van der Waals surface area (Å²) in [7, 11) is 1.62. The van der Waals surface area contributed by atoms with Gasteiger partial charge in [-0.05, 0) is 42.2 Å². The summed E-state index contributed by atoms with van der Waals surface area (Å²) >= 11 is 0. The molecular weight excluding hydrogens is 476 g/mol. The Balaban J connectivity index is 1.33. The van der Waals surface area contributed by atoms with Crippen LogP contribution in [-0.4, -0.2) is 54.3 Å². The number of amides is 1. The first kappa shape index (κ1) is 25.7. The Morgan fingerprint density at radius 3 is 2.19 bits per heavy atom. The van der Waals surface area contributed by atoms with E-state index in [1.807, 2.05) is 42.5 Å². The summed E-state index contributed by atoms with van der Waals surface area (Å²) in [6, 6.07) is 23.4. The van der Waals surface area contributed by atoms with Crippen molar-refractivity contribution in [2.24, 2.45) is 0 Å². The van der Waals surface area contributed by atoms with Crippen LogP contribution in [0.1, 0.15) is 18.4 Å². The number of piperidine rings is 1. The van der Waals surface area contributed by atoms with Crippen molar-refractivity contribution in [2.45, 2.75) is 25.5 Å². The second-order valence-electron chi connectivity index (χ2n) is 8.57. The highest BCUT2D eigenvalue weighted by molar-refractivity contribution is 6.30. The van der Waals surface area contributed by atoms with Crippen LogP contribution in [0.3, 0.4) is 0 Å². The molecular formula is C28H28N2O7. The number of carboxylic acid groups (broad SMARTS) is 1. The maximum atomic E-state index is 12.5. The smallest absolute Gasteiger partial charge is 0.445 e. The number of nitrogens with zero attached hydrogens (tertiary/aromatic N) is 2. The predicted octanol–water partition coefficient (Wildman–Crippen LogP) is 4.51. The topological polar surface area (TPSA) is 106 Å². The van der Waals surface area contributed by atoms with Gasteiger partial charge in [-0.3, -0.25) is 4.90 Å². The van der Waals surface area contributed by atoms with Gasteiger partial charge in [-0.25, -0.2) is 14.4 Å². The fraction of sp³-hybridized carbons (Fsp3) is 0.250. The number of likely N-dealkylation sites (tertiary alicyclic amines) is 1. The van der Waals surface area contributed by atoms with E-state index in [2.05, 4.69) is 4.90 Å². The highest BCUT2D eigenvalue weighted by atomic mass is 16.7. The van der Waals surface area contributed by atoms with Crippen LogP contribution in [0.4, 0.5) is 10.5 Å². The molecule has 1 heterocycles. The molecule has 0 spiro atoms. The molecule has 1 fully saturated rings. The highest BCUT2D eigenvalue weighted by Gasteiger charge is 2.31. The Labute approximate surface area is 214 Å². The lowest BCUT2D eigenvalue weighted by Gasteiger charge is -2.31. The zero-order valence-corrected chi connectivity index (χ0v) is 20.4. The molecule has 1 saturated heterocycles. The monoisotopic (exact) mass is 504 g/mol. The van der Waals surface area contributed by atoms with Gasteiger partial charge in [0.2, 0.25) is 0 Å². The molecule has 0 aromatic heterocycles. The summed E-state index contributed by atoms with van der Waals surface area (Å²) in [4.78, 5) is 44.1. The number of benzene rings is 3. The Morgan fingerprint density at radius 1 is 0.892 bits per heavy atom.